The molecular weight excluding hydrogens is 396 g/mol. The number of fused-ring (bicyclic) bond motifs is 4. The van der Waals surface area contributed by atoms with Crippen LogP contribution in [-0.4, -0.2) is 35.7 Å². The number of hydrogen-bond acceptors (Lipinski definition) is 8. The fourth-order valence-corrected chi connectivity index (χ4v) is 3.84. The molecule has 2 aromatic carbocycles. The molecule has 0 bridgehead atoms. The highest BCUT2D eigenvalue weighted by atomic mass is 16.5. The molecule has 1 atom stereocenters. The van der Waals surface area contributed by atoms with Crippen molar-refractivity contribution >= 4 is 18.1 Å². The Hall–Kier alpha value is -4.20. The molecule has 0 radical (unpaired) electrons. The van der Waals surface area contributed by atoms with E-state index in [9.17, 15) is 4.79 Å². The third kappa shape index (κ3) is 3.18. The van der Waals surface area contributed by atoms with Crippen molar-refractivity contribution in [1.29, 1.82) is 0 Å². The van der Waals surface area contributed by atoms with E-state index in [2.05, 4.69) is 14.7 Å². The van der Waals surface area contributed by atoms with Crippen LogP contribution in [0.4, 0.5) is 0 Å². The van der Waals surface area contributed by atoms with E-state index in [1.165, 1.54) is 19.5 Å². The summed E-state index contributed by atoms with van der Waals surface area (Å²) in [6, 6.07) is 11.6. The van der Waals surface area contributed by atoms with Gasteiger partial charge in [0.2, 0.25) is 0 Å². The molecule has 2 aliphatic rings. The van der Waals surface area contributed by atoms with Gasteiger partial charge < -0.3 is 19.9 Å². The Kier molecular flexibility index (Phi) is 4.39. The van der Waals surface area contributed by atoms with E-state index in [-0.39, 0.29) is 12.6 Å². The number of hydrogen-bond donors (Lipinski definition) is 1. The predicted octanol–water partition coefficient (Wildman–Crippen LogP) is 3.02. The van der Waals surface area contributed by atoms with Crippen molar-refractivity contribution in [2.45, 2.75) is 5.54 Å². The van der Waals surface area contributed by atoms with Crippen molar-refractivity contribution in [1.82, 2.24) is 9.97 Å². The standard InChI is InChI=1S/C23H18N4O4/c1-29-21(28)7-3-14-2-5-19-17(8-14)23(12-30-22(24)27-23)18-9-15(4-6-20(18)31-19)16-10-25-13-26-11-16/h2-11,13H,12H2,1H3,(H2,24,27)/b7-3+/t23-/m0/s1. The SMILES string of the molecule is COC(=O)/C=C/c1ccc2c(c1)[C@@]1(COC(N)=N1)c1cc(-c3cncnc3)ccc1O2. The van der Waals surface area contributed by atoms with Crippen molar-refractivity contribution in [2.24, 2.45) is 10.7 Å². The molecule has 8 nitrogen and oxygen atoms in total. The lowest BCUT2D eigenvalue weighted by Gasteiger charge is -2.34. The Morgan fingerprint density at radius 2 is 1.84 bits per heavy atom. The summed E-state index contributed by atoms with van der Waals surface area (Å²) in [6.45, 7) is 0.237. The Balaban J connectivity index is 1.66. The molecule has 1 aromatic heterocycles. The van der Waals surface area contributed by atoms with Crippen LogP contribution in [0.25, 0.3) is 17.2 Å². The third-order valence-electron chi connectivity index (χ3n) is 5.33. The molecule has 2 N–H and O–H groups in total. The number of carbonyl (C=O) groups excluding carboxylic acids is 1. The van der Waals surface area contributed by atoms with E-state index in [0.717, 1.165) is 27.8 Å². The zero-order chi connectivity index (χ0) is 21.4. The van der Waals surface area contributed by atoms with Gasteiger partial charge in [0.25, 0.3) is 6.02 Å². The van der Waals surface area contributed by atoms with Crippen LogP contribution in [0.5, 0.6) is 11.5 Å². The minimum atomic E-state index is -0.867. The molecule has 154 valence electrons. The van der Waals surface area contributed by atoms with E-state index >= 15 is 0 Å². The van der Waals surface area contributed by atoms with Gasteiger partial charge in [-0.25, -0.2) is 19.8 Å². The first-order valence-electron chi connectivity index (χ1n) is 9.55. The summed E-state index contributed by atoms with van der Waals surface area (Å²) < 4.78 is 16.5. The number of nitrogens with two attached hydrogens (primary N) is 1. The summed E-state index contributed by atoms with van der Waals surface area (Å²) in [5.41, 5.74) is 9.30. The predicted molar refractivity (Wildman–Crippen MR) is 113 cm³/mol. The van der Waals surface area contributed by atoms with Crippen molar-refractivity contribution in [3.05, 3.63) is 77.9 Å². The van der Waals surface area contributed by atoms with Crippen LogP contribution in [0.3, 0.4) is 0 Å². The average molecular weight is 414 g/mol. The number of nitrogens with zero attached hydrogens (tertiary/aromatic N) is 3. The molecule has 0 saturated heterocycles. The largest absolute Gasteiger partial charge is 0.466 e. The maximum atomic E-state index is 11.5. The van der Waals surface area contributed by atoms with Gasteiger partial charge >= 0.3 is 5.97 Å². The van der Waals surface area contributed by atoms with Crippen molar-refractivity contribution in [2.75, 3.05) is 13.7 Å². The summed E-state index contributed by atoms with van der Waals surface area (Å²) in [5.74, 6) is 0.892. The van der Waals surface area contributed by atoms with E-state index in [4.69, 9.17) is 20.2 Å². The summed E-state index contributed by atoms with van der Waals surface area (Å²) in [6.07, 6.45) is 8.02. The average Bonchev–Trinajstić information content (AvgIpc) is 3.20. The Bertz CT molecular complexity index is 1240. The number of aromatic nitrogens is 2. The molecule has 0 amide bonds. The maximum Gasteiger partial charge on any atom is 0.330 e. The Morgan fingerprint density at radius 3 is 2.55 bits per heavy atom. The van der Waals surface area contributed by atoms with Crippen molar-refractivity contribution in [3.63, 3.8) is 0 Å². The topological polar surface area (TPSA) is 109 Å². The summed E-state index contributed by atoms with van der Waals surface area (Å²) >= 11 is 0. The number of methoxy groups -OCH3 is 1. The molecule has 5 rings (SSSR count). The molecule has 3 heterocycles. The maximum absolute atomic E-state index is 11.5. The van der Waals surface area contributed by atoms with Crippen LogP contribution < -0.4 is 10.5 Å². The number of esters is 1. The van der Waals surface area contributed by atoms with Crippen LogP contribution in [-0.2, 0) is 19.8 Å². The fraction of sp³-hybridized carbons (Fsp3) is 0.130. The minimum absolute atomic E-state index is 0.114. The minimum Gasteiger partial charge on any atom is -0.466 e. The molecule has 8 heteroatoms. The molecule has 0 fully saturated rings. The summed E-state index contributed by atoms with van der Waals surface area (Å²) in [5, 5.41) is 0. The van der Waals surface area contributed by atoms with Gasteiger partial charge in [0.1, 0.15) is 24.4 Å². The number of ether oxygens (including phenoxy) is 3. The second kappa shape index (κ2) is 7.24. The number of amidine groups is 1. The monoisotopic (exact) mass is 414 g/mol. The lowest BCUT2D eigenvalue weighted by atomic mass is 9.80. The number of rotatable bonds is 3. The molecule has 1 spiro atoms. The number of carbonyl (C=O) groups is 1. The Labute approximate surface area is 178 Å². The smallest absolute Gasteiger partial charge is 0.330 e. The second-order valence-corrected chi connectivity index (χ2v) is 7.15. The number of aliphatic imine (C=N–C) groups is 1. The van der Waals surface area contributed by atoms with Gasteiger partial charge in [-0.2, -0.15) is 0 Å². The first kappa shape index (κ1) is 18.8. The zero-order valence-electron chi connectivity index (χ0n) is 16.6. The highest BCUT2D eigenvalue weighted by molar-refractivity contribution is 5.87. The van der Waals surface area contributed by atoms with E-state index in [0.29, 0.717) is 11.5 Å². The van der Waals surface area contributed by atoms with Gasteiger partial charge in [-0.05, 0) is 41.5 Å². The van der Waals surface area contributed by atoms with Crippen LogP contribution in [0.2, 0.25) is 0 Å². The van der Waals surface area contributed by atoms with E-state index < -0.39 is 11.5 Å². The van der Waals surface area contributed by atoms with Crippen LogP contribution in [0, 0.1) is 0 Å². The molecule has 0 aliphatic carbocycles. The molecule has 0 unspecified atom stereocenters. The Morgan fingerprint density at radius 1 is 1.10 bits per heavy atom. The molecule has 0 saturated carbocycles. The summed E-state index contributed by atoms with van der Waals surface area (Å²) in [4.78, 5) is 24.4. The highest BCUT2D eigenvalue weighted by Gasteiger charge is 2.47. The lowest BCUT2D eigenvalue weighted by Crippen LogP contribution is -2.31. The van der Waals surface area contributed by atoms with Gasteiger partial charge in [0.05, 0.1) is 7.11 Å². The van der Waals surface area contributed by atoms with Gasteiger partial charge in [-0.15, -0.1) is 0 Å². The van der Waals surface area contributed by atoms with Gasteiger partial charge in [-0.3, -0.25) is 0 Å². The highest BCUT2D eigenvalue weighted by Crippen LogP contribution is 2.51. The first-order chi connectivity index (χ1) is 15.1. The quantitative estimate of drug-likeness (QED) is 0.518. The molecular formula is C23H18N4O4. The van der Waals surface area contributed by atoms with Gasteiger partial charge in [-0.1, -0.05) is 12.1 Å². The summed E-state index contributed by atoms with van der Waals surface area (Å²) in [7, 11) is 1.34. The normalized spacial score (nSPS) is 18.7. The molecule has 3 aromatic rings. The second-order valence-electron chi connectivity index (χ2n) is 7.15. The lowest BCUT2D eigenvalue weighted by molar-refractivity contribution is -0.134. The first-order valence-corrected chi connectivity index (χ1v) is 9.55. The van der Waals surface area contributed by atoms with E-state index in [1.54, 1.807) is 18.5 Å². The van der Waals surface area contributed by atoms with Gasteiger partial charge in [0, 0.05) is 35.2 Å². The van der Waals surface area contributed by atoms with Crippen LogP contribution >= 0.6 is 0 Å². The molecule has 31 heavy (non-hydrogen) atoms. The van der Waals surface area contributed by atoms with Gasteiger partial charge in [0.15, 0.2) is 5.54 Å². The van der Waals surface area contributed by atoms with Crippen LogP contribution in [0.15, 0.2) is 66.2 Å². The van der Waals surface area contributed by atoms with Crippen molar-refractivity contribution < 1.29 is 19.0 Å². The number of benzene rings is 2. The third-order valence-corrected chi connectivity index (χ3v) is 5.33. The molecule has 2 aliphatic heterocycles. The van der Waals surface area contributed by atoms with E-state index in [1.807, 2.05) is 36.4 Å². The van der Waals surface area contributed by atoms with Crippen molar-refractivity contribution in [3.8, 4) is 22.6 Å². The van der Waals surface area contributed by atoms with Crippen LogP contribution in [0.1, 0.15) is 16.7 Å². The fourth-order valence-electron chi connectivity index (χ4n) is 3.84. The zero-order valence-corrected chi connectivity index (χ0v) is 16.6.